The third kappa shape index (κ3) is 6.72. The fourth-order valence-corrected chi connectivity index (χ4v) is 13.6. The predicted octanol–water partition coefficient (Wildman–Crippen LogP) is 7.56. The van der Waals surface area contributed by atoms with Crippen LogP contribution in [0.4, 0.5) is 5.82 Å². The second-order valence-corrected chi connectivity index (χ2v) is 18.8. The number of thiophene rings is 1. The van der Waals surface area contributed by atoms with Crippen LogP contribution in [0.2, 0.25) is 16.6 Å². The first-order valence-corrected chi connectivity index (χ1v) is 17.8. The van der Waals surface area contributed by atoms with Gasteiger partial charge >= 0.3 is 0 Å². The number of aliphatic hydroxyl groups is 1. The monoisotopic (exact) mass is 569 g/mol. The second kappa shape index (κ2) is 13.2. The second-order valence-electron chi connectivity index (χ2n) is 12.4. The molecule has 0 radical (unpaired) electrons. The minimum Gasteiger partial charge on any atom is -0.413 e. The maximum Gasteiger partial charge on any atom is 0.208 e. The summed E-state index contributed by atoms with van der Waals surface area (Å²) >= 11 is 1.50. The Kier molecular flexibility index (Phi) is 10.2. The van der Waals surface area contributed by atoms with Crippen LogP contribution in [0.5, 0.6) is 0 Å². The molecule has 4 rings (SSSR count). The Bertz CT molecular complexity index is 1120. The van der Waals surface area contributed by atoms with Crippen molar-refractivity contribution in [1.29, 1.82) is 0 Å². The van der Waals surface area contributed by atoms with Crippen molar-refractivity contribution in [2.24, 2.45) is 5.92 Å². The van der Waals surface area contributed by atoms with E-state index >= 15 is 0 Å². The maximum atomic E-state index is 13.6. The molecule has 2 aromatic heterocycles. The normalized spacial score (nSPS) is 22.1. The zero-order valence-electron chi connectivity index (χ0n) is 24.6. The fraction of sp³-hybridized carbons (Fsp3) is 0.645. The molecule has 2 aliphatic carbocycles. The van der Waals surface area contributed by atoms with Gasteiger partial charge in [0.15, 0.2) is 0 Å². The summed E-state index contributed by atoms with van der Waals surface area (Å²) in [5.41, 5.74) is 4.65. The zero-order valence-corrected chi connectivity index (χ0v) is 26.4. The minimum atomic E-state index is -2.08. The first-order valence-electron chi connectivity index (χ1n) is 14.8. The van der Waals surface area contributed by atoms with Gasteiger partial charge in [0.2, 0.25) is 14.1 Å². The highest BCUT2D eigenvalue weighted by molar-refractivity contribution is 7.12. The van der Waals surface area contributed by atoms with E-state index in [1.165, 1.54) is 48.1 Å². The first-order chi connectivity index (χ1) is 18.6. The van der Waals surface area contributed by atoms with Crippen LogP contribution in [0.25, 0.3) is 0 Å². The summed E-state index contributed by atoms with van der Waals surface area (Å²) in [6.45, 7) is 13.9. The molecule has 0 unspecified atom stereocenters. The third-order valence-electron chi connectivity index (χ3n) is 8.92. The number of rotatable bonds is 12. The molecule has 0 spiro atoms. The fourth-order valence-electron chi connectivity index (χ4n) is 7.06. The lowest BCUT2D eigenvalue weighted by molar-refractivity contribution is 0.0941. The minimum absolute atomic E-state index is 0.00121. The molecular weight excluding hydrogens is 523 g/mol. The quantitative estimate of drug-likeness (QED) is 0.156. The van der Waals surface area contributed by atoms with Crippen LogP contribution in [-0.4, -0.2) is 47.9 Å². The number of anilines is 1. The average molecular weight is 570 g/mol. The molecule has 0 amide bonds. The molecule has 39 heavy (non-hydrogen) atoms. The van der Waals surface area contributed by atoms with Gasteiger partial charge in [0.1, 0.15) is 12.1 Å². The van der Waals surface area contributed by atoms with Gasteiger partial charge in [0.25, 0.3) is 0 Å². The highest BCUT2D eigenvalue weighted by atomic mass is 32.1. The molecule has 0 bridgehead atoms. The predicted molar refractivity (Wildman–Crippen MR) is 163 cm³/mol. The Morgan fingerprint density at radius 2 is 1.90 bits per heavy atom. The summed E-state index contributed by atoms with van der Waals surface area (Å²) in [5, 5.41) is 15.9. The van der Waals surface area contributed by atoms with Gasteiger partial charge in [-0.1, -0.05) is 53.2 Å². The van der Waals surface area contributed by atoms with Crippen molar-refractivity contribution in [2.75, 3.05) is 11.9 Å². The van der Waals surface area contributed by atoms with Gasteiger partial charge in [-0.3, -0.25) is 4.79 Å². The van der Waals surface area contributed by atoms with Crippen molar-refractivity contribution in [3.8, 4) is 0 Å². The van der Waals surface area contributed by atoms with Gasteiger partial charge in [-0.05, 0) is 78.6 Å². The van der Waals surface area contributed by atoms with Crippen molar-refractivity contribution < 1.29 is 14.3 Å². The molecule has 0 aromatic carbocycles. The first kappa shape index (κ1) is 30.1. The SMILES string of the molecule is CC(C)[Si](O[C@H]1C[C@H](Nc2ncncc2C(=O)c2cc(CC3=CCCCC3)cs2)C[C@@H]1CO)(C(C)C)C(C)C. The molecule has 2 heterocycles. The summed E-state index contributed by atoms with van der Waals surface area (Å²) in [6.07, 6.45) is 12.9. The largest absolute Gasteiger partial charge is 0.413 e. The molecule has 214 valence electrons. The van der Waals surface area contributed by atoms with E-state index < -0.39 is 8.32 Å². The van der Waals surface area contributed by atoms with Gasteiger partial charge in [0, 0.05) is 24.8 Å². The zero-order chi connectivity index (χ0) is 28.2. The molecular formula is C31H47N3O3SSi. The lowest BCUT2D eigenvalue weighted by Gasteiger charge is -2.45. The Morgan fingerprint density at radius 3 is 2.54 bits per heavy atom. The number of nitrogens with zero attached hydrogens (tertiary/aromatic N) is 2. The van der Waals surface area contributed by atoms with Crippen LogP contribution in [-0.2, 0) is 10.8 Å². The summed E-state index contributed by atoms with van der Waals surface area (Å²) in [7, 11) is -2.08. The maximum absolute atomic E-state index is 13.6. The van der Waals surface area contributed by atoms with Crippen LogP contribution in [0.1, 0.15) is 101 Å². The van der Waals surface area contributed by atoms with E-state index in [4.69, 9.17) is 4.43 Å². The van der Waals surface area contributed by atoms with Gasteiger partial charge < -0.3 is 14.8 Å². The molecule has 0 saturated heterocycles. The van der Waals surface area contributed by atoms with E-state index in [1.807, 2.05) is 6.07 Å². The Labute approximate surface area is 239 Å². The Balaban J connectivity index is 1.48. The van der Waals surface area contributed by atoms with Crippen molar-refractivity contribution >= 4 is 31.3 Å². The Morgan fingerprint density at radius 1 is 1.15 bits per heavy atom. The van der Waals surface area contributed by atoms with E-state index in [1.54, 1.807) is 6.20 Å². The van der Waals surface area contributed by atoms with Crippen LogP contribution in [0, 0.1) is 5.92 Å². The lowest BCUT2D eigenvalue weighted by atomic mass is 9.95. The van der Waals surface area contributed by atoms with Gasteiger partial charge in [-0.15, -0.1) is 11.3 Å². The highest BCUT2D eigenvalue weighted by Crippen LogP contribution is 2.46. The number of aliphatic hydroxyl groups excluding tert-OH is 1. The van der Waals surface area contributed by atoms with E-state index in [2.05, 4.69) is 68.3 Å². The molecule has 2 aliphatic rings. The summed E-state index contributed by atoms with van der Waals surface area (Å²) in [4.78, 5) is 23.0. The van der Waals surface area contributed by atoms with Crippen molar-refractivity contribution in [2.45, 2.75) is 115 Å². The summed E-state index contributed by atoms with van der Waals surface area (Å²) in [6, 6.07) is 2.11. The van der Waals surface area contributed by atoms with Crippen LogP contribution < -0.4 is 5.32 Å². The van der Waals surface area contributed by atoms with Gasteiger partial charge in [-0.25, -0.2) is 9.97 Å². The van der Waals surface area contributed by atoms with Crippen LogP contribution in [0.3, 0.4) is 0 Å². The molecule has 1 fully saturated rings. The Hall–Kier alpha value is -1.87. The molecule has 0 aliphatic heterocycles. The number of carbonyl (C=O) groups excluding carboxylic acids is 1. The number of carbonyl (C=O) groups is 1. The number of hydrogen-bond donors (Lipinski definition) is 2. The van der Waals surface area contributed by atoms with Crippen molar-refractivity contribution in [1.82, 2.24) is 9.97 Å². The standard InChI is InChI=1S/C31H47N3O3SSi/c1-20(2)39(21(3)4,22(5)6)37-28-15-26(14-25(28)17-35)34-31-27(16-32-19-33-31)30(36)29-13-24(18-38-29)12-23-10-8-7-9-11-23/h10,13,16,18-22,25-26,28,35H,7-9,11-12,14-15,17H2,1-6H3,(H,32,33,34)/t25-,26-,28+/m1/s1. The average Bonchev–Trinajstić information content (AvgIpc) is 3.53. The van der Waals surface area contributed by atoms with Crippen LogP contribution in [0.15, 0.2) is 35.6 Å². The smallest absolute Gasteiger partial charge is 0.208 e. The molecule has 3 atom stereocenters. The van der Waals surface area contributed by atoms with Crippen molar-refractivity contribution in [3.63, 3.8) is 0 Å². The van der Waals surface area contributed by atoms with Gasteiger partial charge in [-0.2, -0.15) is 0 Å². The topological polar surface area (TPSA) is 84.3 Å². The lowest BCUT2D eigenvalue weighted by Crippen LogP contribution is -2.51. The summed E-state index contributed by atoms with van der Waals surface area (Å²) < 4.78 is 7.10. The molecule has 6 nitrogen and oxygen atoms in total. The number of ketones is 1. The van der Waals surface area contributed by atoms with E-state index in [0.717, 1.165) is 30.6 Å². The van der Waals surface area contributed by atoms with E-state index in [9.17, 15) is 9.90 Å². The third-order valence-corrected chi connectivity index (χ3v) is 16.0. The molecule has 1 saturated carbocycles. The molecule has 8 heteroatoms. The molecule has 2 aromatic rings. The van der Waals surface area contributed by atoms with E-state index in [-0.39, 0.29) is 30.5 Å². The molecule has 2 N–H and O–H groups in total. The highest BCUT2D eigenvalue weighted by Gasteiger charge is 2.49. The summed E-state index contributed by atoms with van der Waals surface area (Å²) in [5.74, 6) is 0.602. The van der Waals surface area contributed by atoms with Crippen molar-refractivity contribution in [3.05, 3.63) is 51.6 Å². The number of aromatic nitrogens is 2. The number of hydrogen-bond acceptors (Lipinski definition) is 7. The van der Waals surface area contributed by atoms with E-state index in [0.29, 0.717) is 28.0 Å². The number of nitrogens with one attached hydrogen (secondary N) is 1. The number of allylic oxidation sites excluding steroid dienone is 2. The van der Waals surface area contributed by atoms with Crippen LogP contribution >= 0.6 is 11.3 Å². The van der Waals surface area contributed by atoms with Gasteiger partial charge in [0.05, 0.1) is 16.5 Å².